The first-order chi connectivity index (χ1) is 19.5. The Morgan fingerprint density at radius 2 is 1.77 bits per heavy atom. The molecule has 0 N–H and O–H groups in total. The van der Waals surface area contributed by atoms with Gasteiger partial charge in [0.05, 0.1) is 35.5 Å². The summed E-state index contributed by atoms with van der Waals surface area (Å²) in [5.41, 5.74) is 2.22. The zero-order chi connectivity index (χ0) is 27.8. The molecular weight excluding hydrogens is 544 g/mol. The highest BCUT2D eigenvalue weighted by Gasteiger charge is 2.22. The van der Waals surface area contributed by atoms with Gasteiger partial charge in [0.15, 0.2) is 0 Å². The lowest BCUT2D eigenvalue weighted by atomic mass is 9.99. The standard InChI is InChI=1S/C30H17ClN6O2S/c31-23-8-3-7-22(20-11-18(13-33)14-34-16-20)27(23)26-12-24-28(40-26)29(38)37(30(39)36(24)10-4-9-32)25-17-35-15-19-5-1-2-6-21(19)25/h1-3,5-8,11-12,14-17H,4,10H2. The minimum atomic E-state index is -0.555. The topological polar surface area (TPSA) is 117 Å². The number of aromatic nitrogens is 4. The molecule has 0 radical (unpaired) electrons. The van der Waals surface area contributed by atoms with Crippen LogP contribution in [0.15, 0.2) is 89.0 Å². The van der Waals surface area contributed by atoms with Crippen LogP contribution in [-0.4, -0.2) is 19.1 Å². The molecule has 0 unspecified atom stereocenters. The Bertz CT molecular complexity index is 2160. The summed E-state index contributed by atoms with van der Waals surface area (Å²) < 4.78 is 2.93. The average Bonchev–Trinajstić information content (AvgIpc) is 3.42. The van der Waals surface area contributed by atoms with E-state index in [0.717, 1.165) is 15.5 Å². The van der Waals surface area contributed by atoms with Gasteiger partial charge in [0.1, 0.15) is 10.8 Å². The number of nitrogens with zero attached hydrogens (tertiary/aromatic N) is 6. The molecule has 0 saturated carbocycles. The molecule has 40 heavy (non-hydrogen) atoms. The second kappa shape index (κ2) is 10.2. The molecule has 4 heterocycles. The predicted octanol–water partition coefficient (Wildman–Crippen LogP) is 5.93. The van der Waals surface area contributed by atoms with Gasteiger partial charge in [-0.2, -0.15) is 10.5 Å². The number of rotatable bonds is 5. The number of hydrogen-bond acceptors (Lipinski definition) is 7. The molecule has 192 valence electrons. The lowest BCUT2D eigenvalue weighted by Gasteiger charge is -2.12. The lowest BCUT2D eigenvalue weighted by Crippen LogP contribution is -2.38. The first-order valence-electron chi connectivity index (χ1n) is 12.2. The van der Waals surface area contributed by atoms with Gasteiger partial charge in [-0.3, -0.25) is 19.3 Å². The number of hydrogen-bond donors (Lipinski definition) is 0. The normalized spacial score (nSPS) is 11.0. The maximum Gasteiger partial charge on any atom is 0.336 e. The van der Waals surface area contributed by atoms with Crippen LogP contribution < -0.4 is 11.2 Å². The molecule has 6 aromatic rings. The van der Waals surface area contributed by atoms with E-state index >= 15 is 0 Å². The van der Waals surface area contributed by atoms with Crippen LogP contribution >= 0.6 is 22.9 Å². The van der Waals surface area contributed by atoms with Crippen molar-refractivity contribution in [2.45, 2.75) is 13.0 Å². The van der Waals surface area contributed by atoms with Gasteiger partial charge in [0.25, 0.3) is 5.56 Å². The van der Waals surface area contributed by atoms with E-state index in [1.807, 2.05) is 30.3 Å². The predicted molar refractivity (Wildman–Crippen MR) is 156 cm³/mol. The maximum absolute atomic E-state index is 14.0. The SMILES string of the molecule is N#CCCn1c(=O)n(-c2cncc3ccccc23)c(=O)c2sc(-c3c(Cl)cccc3-c3cncc(C#N)c3)cc21. The Morgan fingerprint density at radius 3 is 2.60 bits per heavy atom. The van der Waals surface area contributed by atoms with E-state index in [1.54, 1.807) is 36.7 Å². The molecule has 0 aliphatic rings. The molecule has 0 aliphatic carbocycles. The Morgan fingerprint density at radius 1 is 0.950 bits per heavy atom. The van der Waals surface area contributed by atoms with Gasteiger partial charge >= 0.3 is 5.69 Å². The average molecular weight is 561 g/mol. The van der Waals surface area contributed by atoms with Crippen molar-refractivity contribution >= 4 is 43.9 Å². The lowest BCUT2D eigenvalue weighted by molar-refractivity contribution is 0.663. The van der Waals surface area contributed by atoms with Gasteiger partial charge in [-0.15, -0.1) is 11.3 Å². The van der Waals surface area contributed by atoms with Crippen LogP contribution in [0.4, 0.5) is 0 Å². The molecule has 0 spiro atoms. The summed E-state index contributed by atoms with van der Waals surface area (Å²) in [6.45, 7) is 0.101. The fourth-order valence-corrected chi connectivity index (χ4v) is 6.30. The van der Waals surface area contributed by atoms with Crippen molar-refractivity contribution in [1.82, 2.24) is 19.1 Å². The van der Waals surface area contributed by atoms with E-state index in [-0.39, 0.29) is 13.0 Å². The monoisotopic (exact) mass is 560 g/mol. The third-order valence-electron chi connectivity index (χ3n) is 6.60. The van der Waals surface area contributed by atoms with Gasteiger partial charge in [-0.1, -0.05) is 48.0 Å². The van der Waals surface area contributed by atoms with E-state index in [0.29, 0.717) is 47.9 Å². The molecule has 0 amide bonds. The van der Waals surface area contributed by atoms with Crippen molar-refractivity contribution in [3.63, 3.8) is 0 Å². The highest BCUT2D eigenvalue weighted by atomic mass is 35.5. The van der Waals surface area contributed by atoms with Crippen molar-refractivity contribution < 1.29 is 0 Å². The third-order valence-corrected chi connectivity index (χ3v) is 8.04. The number of halogens is 1. The van der Waals surface area contributed by atoms with Crippen LogP contribution in [-0.2, 0) is 6.54 Å². The number of nitriles is 2. The van der Waals surface area contributed by atoms with E-state index < -0.39 is 11.2 Å². The molecule has 2 aromatic carbocycles. The minimum Gasteiger partial charge on any atom is -0.291 e. The van der Waals surface area contributed by atoms with Crippen LogP contribution in [0.2, 0.25) is 5.02 Å². The summed E-state index contributed by atoms with van der Waals surface area (Å²) in [4.78, 5) is 36.9. The van der Waals surface area contributed by atoms with Crippen molar-refractivity contribution in [3.8, 4) is 39.4 Å². The summed E-state index contributed by atoms with van der Waals surface area (Å²) >= 11 is 7.93. The molecule has 10 heteroatoms. The Hall–Kier alpha value is -5.09. The van der Waals surface area contributed by atoms with E-state index in [4.69, 9.17) is 11.6 Å². The molecule has 0 aliphatic heterocycles. The van der Waals surface area contributed by atoms with Crippen LogP contribution in [0.1, 0.15) is 12.0 Å². The van der Waals surface area contributed by atoms with Gasteiger partial charge in [0.2, 0.25) is 0 Å². The second-order valence-corrected chi connectivity index (χ2v) is 10.4. The molecule has 0 saturated heterocycles. The number of aryl methyl sites for hydroxylation is 1. The number of thiophene rings is 1. The molecule has 0 atom stereocenters. The quantitative estimate of drug-likeness (QED) is 0.258. The fraction of sp³-hybridized carbons (Fsp3) is 0.0667. The summed E-state index contributed by atoms with van der Waals surface area (Å²) in [5, 5.41) is 20.6. The third kappa shape index (κ3) is 4.15. The van der Waals surface area contributed by atoms with E-state index in [1.165, 1.54) is 28.3 Å². The second-order valence-electron chi connectivity index (χ2n) is 8.92. The number of pyridine rings is 2. The van der Waals surface area contributed by atoms with Crippen LogP contribution in [0.5, 0.6) is 0 Å². The van der Waals surface area contributed by atoms with Crippen molar-refractivity contribution in [1.29, 1.82) is 10.5 Å². The molecule has 4 aromatic heterocycles. The summed E-state index contributed by atoms with van der Waals surface area (Å²) in [6, 6.07) is 20.5. The van der Waals surface area contributed by atoms with Gasteiger partial charge in [-0.25, -0.2) is 9.36 Å². The van der Waals surface area contributed by atoms with Gasteiger partial charge < -0.3 is 0 Å². The smallest absolute Gasteiger partial charge is 0.291 e. The molecule has 0 fully saturated rings. The molecular formula is C30H17ClN6O2S. The minimum absolute atomic E-state index is 0.0795. The zero-order valence-electron chi connectivity index (χ0n) is 20.7. The van der Waals surface area contributed by atoms with Crippen LogP contribution in [0, 0.1) is 22.7 Å². The van der Waals surface area contributed by atoms with Crippen LogP contribution in [0.3, 0.4) is 0 Å². The van der Waals surface area contributed by atoms with E-state index in [9.17, 15) is 20.1 Å². The zero-order valence-corrected chi connectivity index (χ0v) is 22.3. The Kier molecular flexibility index (Phi) is 6.45. The molecule has 6 rings (SSSR count). The fourth-order valence-electron chi connectivity index (χ4n) is 4.80. The number of benzene rings is 2. The van der Waals surface area contributed by atoms with Gasteiger partial charge in [-0.05, 0) is 23.8 Å². The molecule has 8 nitrogen and oxygen atoms in total. The van der Waals surface area contributed by atoms with Crippen molar-refractivity contribution in [3.05, 3.63) is 111 Å². The largest absolute Gasteiger partial charge is 0.336 e. The van der Waals surface area contributed by atoms with E-state index in [2.05, 4.69) is 22.1 Å². The Labute approximate surface area is 236 Å². The number of fused-ring (bicyclic) bond motifs is 2. The van der Waals surface area contributed by atoms with Crippen LogP contribution in [0.25, 0.3) is 48.2 Å². The highest BCUT2D eigenvalue weighted by molar-refractivity contribution is 7.22. The summed E-state index contributed by atoms with van der Waals surface area (Å²) in [6.07, 6.45) is 6.38. The van der Waals surface area contributed by atoms with Gasteiger partial charge in [0, 0.05) is 56.9 Å². The first kappa shape index (κ1) is 25.2. The van der Waals surface area contributed by atoms with Crippen molar-refractivity contribution in [2.24, 2.45) is 0 Å². The maximum atomic E-state index is 14.0. The summed E-state index contributed by atoms with van der Waals surface area (Å²) in [7, 11) is 0. The van der Waals surface area contributed by atoms with Crippen molar-refractivity contribution in [2.75, 3.05) is 0 Å². The first-order valence-corrected chi connectivity index (χ1v) is 13.3. The highest BCUT2D eigenvalue weighted by Crippen LogP contribution is 2.42. The summed E-state index contributed by atoms with van der Waals surface area (Å²) in [5.74, 6) is 0. The Balaban J connectivity index is 1.66. The molecule has 0 bridgehead atoms.